The highest BCUT2D eigenvalue weighted by molar-refractivity contribution is 5.65. The van der Waals surface area contributed by atoms with Gasteiger partial charge in [-0.2, -0.15) is 4.98 Å². The average molecular weight is 319 g/mol. The molecule has 0 aromatic carbocycles. The van der Waals surface area contributed by atoms with Crippen molar-refractivity contribution in [3.63, 3.8) is 0 Å². The molecule has 122 valence electrons. The number of pyridine rings is 1. The van der Waals surface area contributed by atoms with Gasteiger partial charge in [0.1, 0.15) is 11.9 Å². The van der Waals surface area contributed by atoms with Crippen LogP contribution in [0.15, 0.2) is 22.9 Å². The lowest BCUT2D eigenvalue weighted by Crippen LogP contribution is -2.52. The van der Waals surface area contributed by atoms with Crippen molar-refractivity contribution in [2.45, 2.75) is 19.1 Å². The summed E-state index contributed by atoms with van der Waals surface area (Å²) in [5.74, 6) is 1.43. The normalized spacial score (nSPS) is 16.0. The van der Waals surface area contributed by atoms with Crippen LogP contribution in [0.3, 0.4) is 0 Å². The van der Waals surface area contributed by atoms with Crippen LogP contribution >= 0.6 is 0 Å². The van der Waals surface area contributed by atoms with E-state index in [1.54, 1.807) is 26.3 Å². The van der Waals surface area contributed by atoms with Crippen molar-refractivity contribution in [2.75, 3.05) is 25.1 Å². The fourth-order valence-electron chi connectivity index (χ4n) is 2.28. The van der Waals surface area contributed by atoms with Gasteiger partial charge in [0.2, 0.25) is 11.7 Å². The number of ether oxygens (including phenoxy) is 1. The number of carbonyl (C=O) groups is 1. The van der Waals surface area contributed by atoms with Gasteiger partial charge in [-0.1, -0.05) is 5.16 Å². The van der Waals surface area contributed by atoms with E-state index >= 15 is 0 Å². The summed E-state index contributed by atoms with van der Waals surface area (Å²) in [4.78, 5) is 21.3. The molecule has 1 atom stereocenters. The van der Waals surface area contributed by atoms with Crippen LogP contribution < -0.4 is 10.2 Å². The third-order valence-corrected chi connectivity index (χ3v) is 3.66. The second-order valence-electron chi connectivity index (χ2n) is 5.29. The number of hydrogen-bond acceptors (Lipinski definition) is 7. The minimum atomic E-state index is -1.14. The molecule has 1 fully saturated rings. The van der Waals surface area contributed by atoms with Crippen LogP contribution in [0.1, 0.15) is 18.9 Å². The zero-order valence-electron chi connectivity index (χ0n) is 12.8. The van der Waals surface area contributed by atoms with Crippen molar-refractivity contribution >= 4 is 11.9 Å². The van der Waals surface area contributed by atoms with E-state index in [-0.39, 0.29) is 12.0 Å². The van der Waals surface area contributed by atoms with Gasteiger partial charge in [-0.15, -0.1) is 0 Å². The topological polar surface area (TPSA) is 114 Å². The average Bonchev–Trinajstić information content (AvgIpc) is 2.96. The first-order chi connectivity index (χ1) is 11.1. The van der Waals surface area contributed by atoms with Gasteiger partial charge in [-0.3, -0.25) is 0 Å². The lowest BCUT2D eigenvalue weighted by Gasteiger charge is -2.39. The third-order valence-electron chi connectivity index (χ3n) is 3.66. The number of anilines is 1. The van der Waals surface area contributed by atoms with Gasteiger partial charge in [0.05, 0.1) is 6.10 Å². The molecule has 2 aromatic heterocycles. The number of amides is 1. The predicted molar refractivity (Wildman–Crippen MR) is 80.1 cm³/mol. The SMILES string of the molecule is COC1CN(c2cc(-c3noc(C(C)NC(=O)O)n3)ccn2)C1. The molecule has 0 spiro atoms. The van der Waals surface area contributed by atoms with E-state index in [2.05, 4.69) is 25.3 Å². The highest BCUT2D eigenvalue weighted by atomic mass is 16.5. The molecule has 9 heteroatoms. The fraction of sp³-hybridized carbons (Fsp3) is 0.429. The Morgan fingerprint density at radius 1 is 1.57 bits per heavy atom. The Kier molecular flexibility index (Phi) is 4.11. The van der Waals surface area contributed by atoms with Gasteiger partial charge >= 0.3 is 6.09 Å². The molecule has 3 heterocycles. The lowest BCUT2D eigenvalue weighted by molar-refractivity contribution is 0.0783. The van der Waals surface area contributed by atoms with E-state index < -0.39 is 12.1 Å². The van der Waals surface area contributed by atoms with E-state index in [4.69, 9.17) is 14.4 Å². The molecular weight excluding hydrogens is 302 g/mol. The first kappa shape index (κ1) is 15.2. The van der Waals surface area contributed by atoms with Crippen LogP contribution in [0.25, 0.3) is 11.4 Å². The van der Waals surface area contributed by atoms with E-state index in [1.165, 1.54) is 0 Å². The fourth-order valence-corrected chi connectivity index (χ4v) is 2.28. The maximum absolute atomic E-state index is 10.6. The molecule has 1 unspecified atom stereocenters. The minimum absolute atomic E-state index is 0.212. The first-order valence-electron chi connectivity index (χ1n) is 7.14. The van der Waals surface area contributed by atoms with Crippen molar-refractivity contribution in [3.8, 4) is 11.4 Å². The Labute approximate surface area is 132 Å². The van der Waals surface area contributed by atoms with Gasteiger partial charge in [0, 0.05) is 32.0 Å². The monoisotopic (exact) mass is 319 g/mol. The smallest absolute Gasteiger partial charge is 0.405 e. The molecule has 9 nitrogen and oxygen atoms in total. The summed E-state index contributed by atoms with van der Waals surface area (Å²) < 4.78 is 10.4. The number of rotatable bonds is 5. The van der Waals surface area contributed by atoms with E-state index in [9.17, 15) is 4.79 Å². The highest BCUT2D eigenvalue weighted by Gasteiger charge is 2.27. The molecule has 2 aromatic rings. The summed E-state index contributed by atoms with van der Waals surface area (Å²) in [6.45, 7) is 3.22. The largest absolute Gasteiger partial charge is 0.465 e. The molecule has 0 bridgehead atoms. The summed E-state index contributed by atoms with van der Waals surface area (Å²) in [6.07, 6.45) is 0.772. The molecule has 0 radical (unpaired) electrons. The Balaban J connectivity index is 1.75. The Hall–Kier alpha value is -2.68. The quantitative estimate of drug-likeness (QED) is 0.847. The minimum Gasteiger partial charge on any atom is -0.465 e. The standard InChI is InChI=1S/C14H17N5O4/c1-8(16-14(20)21)13-17-12(18-23-13)9-3-4-15-11(5-9)19-6-10(7-19)22-2/h3-5,8,10,16H,6-7H2,1-2H3,(H,20,21). The molecule has 2 N–H and O–H groups in total. The second-order valence-corrected chi connectivity index (χ2v) is 5.29. The molecule has 1 aliphatic heterocycles. The molecule has 0 aliphatic carbocycles. The van der Waals surface area contributed by atoms with Gasteiger partial charge in [-0.05, 0) is 19.1 Å². The van der Waals surface area contributed by atoms with Crippen LogP contribution in [-0.4, -0.2) is 52.6 Å². The van der Waals surface area contributed by atoms with Crippen LogP contribution in [0.5, 0.6) is 0 Å². The van der Waals surface area contributed by atoms with Crippen LogP contribution in [0, 0.1) is 0 Å². The molecule has 3 rings (SSSR count). The van der Waals surface area contributed by atoms with Crippen molar-refractivity contribution in [3.05, 3.63) is 24.2 Å². The Morgan fingerprint density at radius 2 is 2.35 bits per heavy atom. The molecule has 1 amide bonds. The van der Waals surface area contributed by atoms with E-state index in [0.29, 0.717) is 5.82 Å². The number of methoxy groups -OCH3 is 1. The molecule has 23 heavy (non-hydrogen) atoms. The van der Waals surface area contributed by atoms with Gasteiger partial charge in [-0.25, -0.2) is 9.78 Å². The van der Waals surface area contributed by atoms with Crippen molar-refractivity contribution in [1.29, 1.82) is 0 Å². The lowest BCUT2D eigenvalue weighted by atomic mass is 10.1. The van der Waals surface area contributed by atoms with Gasteiger partial charge < -0.3 is 24.6 Å². The van der Waals surface area contributed by atoms with Crippen molar-refractivity contribution in [2.24, 2.45) is 0 Å². The summed E-state index contributed by atoms with van der Waals surface area (Å²) >= 11 is 0. The molecular formula is C14H17N5O4. The zero-order chi connectivity index (χ0) is 16.4. The summed E-state index contributed by atoms with van der Waals surface area (Å²) in [6, 6.07) is 3.07. The van der Waals surface area contributed by atoms with Crippen molar-refractivity contribution < 1.29 is 19.2 Å². The maximum atomic E-state index is 10.6. The molecule has 1 aliphatic rings. The van der Waals surface area contributed by atoms with E-state index in [1.807, 2.05) is 6.07 Å². The second kappa shape index (κ2) is 6.21. The van der Waals surface area contributed by atoms with E-state index in [0.717, 1.165) is 24.5 Å². The number of hydrogen-bond donors (Lipinski definition) is 2. The number of aromatic nitrogens is 3. The summed E-state index contributed by atoms with van der Waals surface area (Å²) in [5.41, 5.74) is 0.758. The maximum Gasteiger partial charge on any atom is 0.405 e. The number of nitrogens with zero attached hydrogens (tertiary/aromatic N) is 4. The number of carboxylic acid groups (broad SMARTS) is 1. The summed E-state index contributed by atoms with van der Waals surface area (Å²) in [5, 5.41) is 14.9. The van der Waals surface area contributed by atoms with Crippen molar-refractivity contribution in [1.82, 2.24) is 20.4 Å². The van der Waals surface area contributed by atoms with Gasteiger partial charge in [0.25, 0.3) is 0 Å². The predicted octanol–water partition coefficient (Wildman–Crippen LogP) is 1.30. The summed E-state index contributed by atoms with van der Waals surface area (Å²) in [7, 11) is 1.69. The first-order valence-corrected chi connectivity index (χ1v) is 7.14. The highest BCUT2D eigenvalue weighted by Crippen LogP contribution is 2.25. The Bertz CT molecular complexity index is 698. The number of nitrogens with one attached hydrogen (secondary N) is 1. The zero-order valence-corrected chi connectivity index (χ0v) is 12.8. The van der Waals surface area contributed by atoms with Crippen LogP contribution in [-0.2, 0) is 4.74 Å². The van der Waals surface area contributed by atoms with Gasteiger partial charge in [0.15, 0.2) is 0 Å². The van der Waals surface area contributed by atoms with Crippen LogP contribution in [0.2, 0.25) is 0 Å². The molecule has 0 saturated carbocycles. The molecule has 1 saturated heterocycles. The van der Waals surface area contributed by atoms with Crippen LogP contribution in [0.4, 0.5) is 10.6 Å². The Morgan fingerprint density at radius 3 is 3.04 bits per heavy atom. The third kappa shape index (κ3) is 3.24.